The van der Waals surface area contributed by atoms with E-state index in [0.29, 0.717) is 16.7 Å². The van der Waals surface area contributed by atoms with Gasteiger partial charge in [-0.3, -0.25) is 4.79 Å². The molecule has 4 heteroatoms. The summed E-state index contributed by atoms with van der Waals surface area (Å²) >= 11 is 0. The van der Waals surface area contributed by atoms with E-state index < -0.39 is 0 Å². The maximum absolute atomic E-state index is 13.1. The largest absolute Gasteiger partial charge is 0.434 e. The Morgan fingerprint density at radius 1 is 1.50 bits per heavy atom. The van der Waals surface area contributed by atoms with Crippen LogP contribution in [0.25, 0.3) is 11.1 Å². The van der Waals surface area contributed by atoms with Crippen molar-refractivity contribution in [1.82, 2.24) is 4.98 Å². The van der Waals surface area contributed by atoms with Crippen molar-refractivity contribution in [1.29, 1.82) is 0 Å². The van der Waals surface area contributed by atoms with Crippen LogP contribution < -0.4 is 0 Å². The first kappa shape index (κ1) is 8.87. The number of rotatable bonds is 1. The van der Waals surface area contributed by atoms with Gasteiger partial charge in [0.25, 0.3) is 5.89 Å². The van der Waals surface area contributed by atoms with Crippen LogP contribution in [0, 0.1) is 12.7 Å². The zero-order valence-corrected chi connectivity index (χ0v) is 7.80. The number of aryl methyl sites for hydroxylation is 1. The Hall–Kier alpha value is -1.71. The number of nitrogens with zero attached hydrogens (tertiary/aromatic N) is 1. The first-order valence-electron chi connectivity index (χ1n) is 4.15. The van der Waals surface area contributed by atoms with Gasteiger partial charge in [-0.15, -0.1) is 0 Å². The van der Waals surface area contributed by atoms with Crippen LogP contribution in [0.15, 0.2) is 16.5 Å². The zero-order chi connectivity index (χ0) is 10.3. The second-order valence-electron chi connectivity index (χ2n) is 3.14. The summed E-state index contributed by atoms with van der Waals surface area (Å²) in [6, 6.07) is 2.80. The second kappa shape index (κ2) is 2.90. The third-order valence-electron chi connectivity index (χ3n) is 1.97. The first-order chi connectivity index (χ1) is 6.58. The van der Waals surface area contributed by atoms with Crippen LogP contribution in [0.4, 0.5) is 4.39 Å². The fourth-order valence-corrected chi connectivity index (χ4v) is 1.20. The van der Waals surface area contributed by atoms with E-state index in [-0.39, 0.29) is 17.5 Å². The molecule has 0 aliphatic carbocycles. The molecule has 2 aromatic rings. The van der Waals surface area contributed by atoms with E-state index in [2.05, 4.69) is 4.98 Å². The maximum Gasteiger partial charge on any atom is 0.263 e. The van der Waals surface area contributed by atoms with E-state index in [9.17, 15) is 9.18 Å². The van der Waals surface area contributed by atoms with Crippen LogP contribution in [0.2, 0.25) is 0 Å². The quantitative estimate of drug-likeness (QED) is 0.653. The molecule has 0 unspecified atom stereocenters. The van der Waals surface area contributed by atoms with Crippen LogP contribution in [0.1, 0.15) is 23.2 Å². The van der Waals surface area contributed by atoms with Crippen molar-refractivity contribution >= 4 is 16.9 Å². The van der Waals surface area contributed by atoms with E-state index in [0.717, 1.165) is 0 Å². The Bertz CT molecular complexity index is 477. The Kier molecular flexibility index (Phi) is 1.84. The average molecular weight is 193 g/mol. The highest BCUT2D eigenvalue weighted by atomic mass is 19.1. The van der Waals surface area contributed by atoms with Gasteiger partial charge in [-0.1, -0.05) is 0 Å². The highest BCUT2D eigenvalue weighted by Gasteiger charge is 2.11. The molecule has 0 saturated heterocycles. The van der Waals surface area contributed by atoms with Gasteiger partial charge in [-0.05, 0) is 18.6 Å². The molecule has 0 saturated carbocycles. The molecule has 3 nitrogen and oxygen atoms in total. The normalized spacial score (nSPS) is 10.8. The van der Waals surface area contributed by atoms with Gasteiger partial charge in [0, 0.05) is 13.0 Å². The molecule has 0 N–H and O–H groups in total. The van der Waals surface area contributed by atoms with E-state index in [1.807, 2.05) is 0 Å². The minimum atomic E-state index is -0.346. The molecule has 1 aromatic carbocycles. The summed E-state index contributed by atoms with van der Waals surface area (Å²) in [4.78, 5) is 14.8. The number of carbonyl (C=O) groups is 1. The summed E-state index contributed by atoms with van der Waals surface area (Å²) in [6.07, 6.45) is 0. The second-order valence-corrected chi connectivity index (χ2v) is 3.14. The molecule has 2 rings (SSSR count). The Labute approximate surface area is 79.5 Å². The lowest BCUT2D eigenvalue weighted by atomic mass is 10.2. The third kappa shape index (κ3) is 1.28. The van der Waals surface area contributed by atoms with Crippen molar-refractivity contribution in [2.75, 3.05) is 0 Å². The minimum absolute atomic E-state index is 0.0185. The molecule has 0 bridgehead atoms. The van der Waals surface area contributed by atoms with Crippen molar-refractivity contribution in [3.63, 3.8) is 0 Å². The van der Waals surface area contributed by atoms with Crippen LogP contribution >= 0.6 is 0 Å². The predicted octanol–water partition coefficient (Wildman–Crippen LogP) is 2.48. The number of Topliss-reactive ketones (excluding diaryl/α,β-unsaturated/α-hetero) is 1. The summed E-state index contributed by atoms with van der Waals surface area (Å²) in [5.41, 5.74) is 1.29. The number of benzene rings is 1. The lowest BCUT2D eigenvalue weighted by Gasteiger charge is -1.92. The fraction of sp³-hybridized carbons (Fsp3) is 0.200. The average Bonchev–Trinajstić information content (AvgIpc) is 2.48. The van der Waals surface area contributed by atoms with Crippen molar-refractivity contribution in [2.24, 2.45) is 0 Å². The zero-order valence-electron chi connectivity index (χ0n) is 7.80. The maximum atomic E-state index is 13.1. The van der Waals surface area contributed by atoms with E-state index in [1.165, 1.54) is 19.1 Å². The number of oxazole rings is 1. The van der Waals surface area contributed by atoms with Crippen molar-refractivity contribution in [3.05, 3.63) is 29.4 Å². The highest BCUT2D eigenvalue weighted by Crippen LogP contribution is 2.19. The summed E-state index contributed by atoms with van der Waals surface area (Å²) < 4.78 is 18.2. The first-order valence-corrected chi connectivity index (χ1v) is 4.15. The van der Waals surface area contributed by atoms with Crippen molar-refractivity contribution in [3.8, 4) is 0 Å². The lowest BCUT2D eigenvalue weighted by Crippen LogP contribution is -1.89. The van der Waals surface area contributed by atoms with Gasteiger partial charge in [-0.25, -0.2) is 9.37 Å². The number of carbonyl (C=O) groups excluding carboxylic acids is 1. The molecule has 0 fully saturated rings. The topological polar surface area (TPSA) is 43.1 Å². The monoisotopic (exact) mass is 193 g/mol. The lowest BCUT2D eigenvalue weighted by molar-refractivity contribution is 0.0983. The van der Waals surface area contributed by atoms with Crippen LogP contribution in [-0.2, 0) is 0 Å². The molecule has 1 heterocycles. The Morgan fingerprint density at radius 3 is 2.86 bits per heavy atom. The smallest absolute Gasteiger partial charge is 0.263 e. The molecule has 0 aliphatic rings. The number of fused-ring (bicyclic) bond motifs is 1. The van der Waals surface area contributed by atoms with Gasteiger partial charge in [-0.2, -0.15) is 0 Å². The summed E-state index contributed by atoms with van der Waals surface area (Å²) in [7, 11) is 0. The summed E-state index contributed by atoms with van der Waals surface area (Å²) in [5, 5.41) is 0. The van der Waals surface area contributed by atoms with Gasteiger partial charge in [0.05, 0.1) is 0 Å². The molecule has 1 aromatic heterocycles. The minimum Gasteiger partial charge on any atom is -0.434 e. The fourth-order valence-electron chi connectivity index (χ4n) is 1.20. The molecule has 0 spiro atoms. The standard InChI is InChI=1S/C10H8FNO2/c1-5-3-9-8(4-7(5)11)12-10(14-9)6(2)13/h3-4H,1-2H3. The predicted molar refractivity (Wildman–Crippen MR) is 48.7 cm³/mol. The van der Waals surface area contributed by atoms with Crippen LogP contribution in [0.5, 0.6) is 0 Å². The van der Waals surface area contributed by atoms with E-state index in [4.69, 9.17) is 4.42 Å². The van der Waals surface area contributed by atoms with Gasteiger partial charge in [0.1, 0.15) is 11.3 Å². The molecule has 72 valence electrons. The number of ketones is 1. The van der Waals surface area contributed by atoms with Crippen LogP contribution in [0.3, 0.4) is 0 Å². The van der Waals surface area contributed by atoms with Crippen LogP contribution in [-0.4, -0.2) is 10.8 Å². The summed E-state index contributed by atoms with van der Waals surface area (Å²) in [6.45, 7) is 2.98. The van der Waals surface area contributed by atoms with Gasteiger partial charge in [0.2, 0.25) is 5.78 Å². The molecule has 14 heavy (non-hydrogen) atoms. The number of halogens is 1. The summed E-state index contributed by atoms with van der Waals surface area (Å²) in [5.74, 6) is -0.592. The molecular weight excluding hydrogens is 185 g/mol. The van der Waals surface area contributed by atoms with Crippen molar-refractivity contribution in [2.45, 2.75) is 13.8 Å². The molecule has 0 radical (unpaired) electrons. The molecule has 0 amide bonds. The molecule has 0 atom stereocenters. The molecular formula is C10H8FNO2. The number of hydrogen-bond donors (Lipinski definition) is 0. The third-order valence-corrected chi connectivity index (χ3v) is 1.97. The highest BCUT2D eigenvalue weighted by molar-refractivity contribution is 5.92. The number of aromatic nitrogens is 1. The van der Waals surface area contributed by atoms with Gasteiger partial charge >= 0.3 is 0 Å². The van der Waals surface area contributed by atoms with Gasteiger partial charge in [0.15, 0.2) is 5.58 Å². The Balaban J connectivity index is 2.72. The van der Waals surface area contributed by atoms with Crippen molar-refractivity contribution < 1.29 is 13.6 Å². The van der Waals surface area contributed by atoms with E-state index in [1.54, 1.807) is 6.92 Å². The van der Waals surface area contributed by atoms with Gasteiger partial charge < -0.3 is 4.42 Å². The molecule has 0 aliphatic heterocycles. The Morgan fingerprint density at radius 2 is 2.21 bits per heavy atom. The van der Waals surface area contributed by atoms with E-state index >= 15 is 0 Å². The SMILES string of the molecule is CC(=O)c1nc2cc(F)c(C)cc2o1. The number of hydrogen-bond acceptors (Lipinski definition) is 3.